The van der Waals surface area contributed by atoms with Gasteiger partial charge in [-0.1, -0.05) is 20.8 Å². The van der Waals surface area contributed by atoms with Crippen molar-refractivity contribution in [1.82, 2.24) is 0 Å². The summed E-state index contributed by atoms with van der Waals surface area (Å²) in [5.41, 5.74) is -0.581. The van der Waals surface area contributed by atoms with E-state index >= 15 is 0 Å². The van der Waals surface area contributed by atoms with E-state index in [0.29, 0.717) is 5.75 Å². The van der Waals surface area contributed by atoms with Gasteiger partial charge in [0.25, 0.3) is 0 Å². The Morgan fingerprint density at radius 1 is 0.964 bits per heavy atom. The van der Waals surface area contributed by atoms with Crippen LogP contribution in [0.5, 0.6) is 11.5 Å². The lowest BCUT2D eigenvalue weighted by Gasteiger charge is -2.29. The highest BCUT2D eigenvalue weighted by Gasteiger charge is 2.30. The van der Waals surface area contributed by atoms with Crippen molar-refractivity contribution in [3.05, 3.63) is 24.3 Å². The van der Waals surface area contributed by atoms with Crippen molar-refractivity contribution in [3.63, 3.8) is 0 Å². The minimum Gasteiger partial charge on any atom is -0.497 e. The van der Waals surface area contributed by atoms with Crippen LogP contribution < -0.4 is 9.47 Å². The molecule has 0 unspecified atom stereocenters. The SMILES string of the molecule is COc1ccc(O[C@@H](C)[C@H](OC(=O)[C@H](C)CC(=O)OC(C)(C)C)C(C)C)cc1. The van der Waals surface area contributed by atoms with Crippen LogP contribution in [-0.4, -0.2) is 36.9 Å². The highest BCUT2D eigenvalue weighted by atomic mass is 16.6. The Balaban J connectivity index is 2.68. The van der Waals surface area contributed by atoms with Gasteiger partial charge >= 0.3 is 11.9 Å². The first kappa shape index (κ1) is 23.8. The van der Waals surface area contributed by atoms with E-state index in [2.05, 4.69) is 0 Å². The van der Waals surface area contributed by atoms with Gasteiger partial charge in [0.2, 0.25) is 0 Å². The van der Waals surface area contributed by atoms with Crippen LogP contribution in [0.4, 0.5) is 0 Å². The minimum atomic E-state index is -0.593. The maximum atomic E-state index is 12.5. The average Bonchev–Trinajstić information content (AvgIpc) is 2.57. The van der Waals surface area contributed by atoms with Gasteiger partial charge in [-0.15, -0.1) is 0 Å². The summed E-state index contributed by atoms with van der Waals surface area (Å²) in [4.78, 5) is 24.5. The van der Waals surface area contributed by atoms with Crippen LogP contribution in [0.1, 0.15) is 54.9 Å². The van der Waals surface area contributed by atoms with Crippen molar-refractivity contribution in [3.8, 4) is 11.5 Å². The van der Waals surface area contributed by atoms with Gasteiger partial charge in [-0.05, 0) is 57.9 Å². The monoisotopic (exact) mass is 394 g/mol. The molecule has 0 aliphatic carbocycles. The van der Waals surface area contributed by atoms with Gasteiger partial charge in [0.1, 0.15) is 29.3 Å². The molecule has 1 rings (SSSR count). The number of carbonyl (C=O) groups is 2. The summed E-state index contributed by atoms with van der Waals surface area (Å²) in [6.07, 6.45) is -0.823. The summed E-state index contributed by atoms with van der Waals surface area (Å²) >= 11 is 0. The maximum Gasteiger partial charge on any atom is 0.309 e. The average molecular weight is 395 g/mol. The number of hydrogen-bond donors (Lipinski definition) is 0. The molecule has 0 spiro atoms. The normalized spacial score (nSPS) is 14.8. The standard InChI is InChI=1S/C22H34O6/c1-14(2)20(16(4)26-18-11-9-17(25-8)10-12-18)27-21(24)15(3)13-19(23)28-22(5,6)7/h9-12,14-16,20H,13H2,1-8H3/t15-,16+,20-/m1/s1. The lowest BCUT2D eigenvalue weighted by molar-refractivity contribution is -0.167. The third-order valence-electron chi connectivity index (χ3n) is 4.05. The van der Waals surface area contributed by atoms with Crippen LogP contribution in [0.25, 0.3) is 0 Å². The third-order valence-corrected chi connectivity index (χ3v) is 4.05. The fourth-order valence-electron chi connectivity index (χ4n) is 2.68. The topological polar surface area (TPSA) is 71.1 Å². The third kappa shape index (κ3) is 8.19. The molecule has 28 heavy (non-hydrogen) atoms. The van der Waals surface area contributed by atoms with E-state index in [1.165, 1.54) is 0 Å². The lowest BCUT2D eigenvalue weighted by atomic mass is 10.0. The predicted molar refractivity (Wildman–Crippen MR) is 107 cm³/mol. The van der Waals surface area contributed by atoms with Gasteiger partial charge in [-0.2, -0.15) is 0 Å². The molecule has 0 heterocycles. The highest BCUT2D eigenvalue weighted by Crippen LogP contribution is 2.23. The van der Waals surface area contributed by atoms with Crippen molar-refractivity contribution in [1.29, 1.82) is 0 Å². The van der Waals surface area contributed by atoms with Crippen molar-refractivity contribution >= 4 is 11.9 Å². The molecule has 1 aromatic rings. The van der Waals surface area contributed by atoms with Crippen molar-refractivity contribution in [2.45, 2.75) is 72.7 Å². The zero-order valence-electron chi connectivity index (χ0n) is 18.3. The van der Waals surface area contributed by atoms with Gasteiger partial charge < -0.3 is 18.9 Å². The van der Waals surface area contributed by atoms with Crippen molar-refractivity contribution in [2.24, 2.45) is 11.8 Å². The summed E-state index contributed by atoms with van der Waals surface area (Å²) in [6, 6.07) is 7.22. The molecule has 0 aliphatic rings. The number of benzene rings is 1. The zero-order valence-corrected chi connectivity index (χ0v) is 18.3. The molecule has 0 aliphatic heterocycles. The first-order valence-electron chi connectivity index (χ1n) is 9.66. The lowest BCUT2D eigenvalue weighted by Crippen LogP contribution is -2.39. The van der Waals surface area contributed by atoms with E-state index in [1.807, 2.05) is 20.8 Å². The highest BCUT2D eigenvalue weighted by molar-refractivity contribution is 5.79. The molecule has 0 bridgehead atoms. The Morgan fingerprint density at radius 2 is 1.50 bits per heavy atom. The second kappa shape index (κ2) is 10.3. The van der Waals surface area contributed by atoms with Gasteiger partial charge in [0.05, 0.1) is 19.4 Å². The van der Waals surface area contributed by atoms with Crippen LogP contribution in [0.3, 0.4) is 0 Å². The molecule has 0 saturated carbocycles. The molecular formula is C22H34O6. The smallest absolute Gasteiger partial charge is 0.309 e. The minimum absolute atomic E-state index is 0.0192. The summed E-state index contributed by atoms with van der Waals surface area (Å²) < 4.78 is 22.0. The summed E-state index contributed by atoms with van der Waals surface area (Å²) in [6.45, 7) is 12.8. The molecule has 158 valence electrons. The Labute approximate surface area is 168 Å². The van der Waals surface area contributed by atoms with E-state index < -0.39 is 29.6 Å². The molecule has 6 nitrogen and oxygen atoms in total. The predicted octanol–water partition coefficient (Wildman–Crippen LogP) is 4.40. The van der Waals surface area contributed by atoms with Gasteiger partial charge in [-0.3, -0.25) is 9.59 Å². The summed E-state index contributed by atoms with van der Waals surface area (Å²) in [7, 11) is 1.60. The Morgan fingerprint density at radius 3 is 1.96 bits per heavy atom. The molecular weight excluding hydrogens is 360 g/mol. The molecule has 0 aromatic heterocycles. The van der Waals surface area contributed by atoms with E-state index in [-0.39, 0.29) is 18.4 Å². The van der Waals surface area contributed by atoms with Crippen LogP contribution in [-0.2, 0) is 19.1 Å². The van der Waals surface area contributed by atoms with Crippen LogP contribution >= 0.6 is 0 Å². The molecule has 0 amide bonds. The summed E-state index contributed by atoms with van der Waals surface area (Å²) in [5, 5.41) is 0. The second-order valence-electron chi connectivity index (χ2n) is 8.34. The molecule has 0 saturated heterocycles. The van der Waals surface area contributed by atoms with Gasteiger partial charge in [0.15, 0.2) is 0 Å². The molecule has 1 aromatic carbocycles. The van der Waals surface area contributed by atoms with Crippen molar-refractivity contribution in [2.75, 3.05) is 7.11 Å². The number of rotatable bonds is 9. The fraction of sp³-hybridized carbons (Fsp3) is 0.636. The summed E-state index contributed by atoms with van der Waals surface area (Å²) in [5.74, 6) is 0.00476. The number of hydrogen-bond acceptors (Lipinski definition) is 6. The zero-order chi connectivity index (χ0) is 21.5. The molecule has 6 heteroatoms. The Hall–Kier alpha value is -2.24. The molecule has 0 radical (unpaired) electrons. The first-order chi connectivity index (χ1) is 12.9. The molecule has 0 fully saturated rings. The van der Waals surface area contributed by atoms with Crippen molar-refractivity contribution < 1.29 is 28.5 Å². The number of carbonyl (C=O) groups excluding carboxylic acids is 2. The number of esters is 2. The van der Waals surface area contributed by atoms with E-state index in [9.17, 15) is 9.59 Å². The van der Waals surface area contributed by atoms with Crippen LogP contribution in [0, 0.1) is 11.8 Å². The van der Waals surface area contributed by atoms with E-state index in [0.717, 1.165) is 5.75 Å². The molecule has 0 N–H and O–H groups in total. The molecule has 3 atom stereocenters. The number of methoxy groups -OCH3 is 1. The van der Waals surface area contributed by atoms with Gasteiger partial charge in [-0.25, -0.2) is 0 Å². The van der Waals surface area contributed by atoms with Crippen LogP contribution in [0.2, 0.25) is 0 Å². The Bertz CT molecular complexity index is 629. The largest absolute Gasteiger partial charge is 0.497 e. The Kier molecular flexibility index (Phi) is 8.79. The quantitative estimate of drug-likeness (QED) is 0.578. The second-order valence-corrected chi connectivity index (χ2v) is 8.34. The maximum absolute atomic E-state index is 12.5. The van der Waals surface area contributed by atoms with Crippen LogP contribution in [0.15, 0.2) is 24.3 Å². The van der Waals surface area contributed by atoms with E-state index in [1.54, 1.807) is 59.1 Å². The fourth-order valence-corrected chi connectivity index (χ4v) is 2.68. The van der Waals surface area contributed by atoms with Gasteiger partial charge in [0, 0.05) is 0 Å². The number of ether oxygens (including phenoxy) is 4. The first-order valence-corrected chi connectivity index (χ1v) is 9.66. The van der Waals surface area contributed by atoms with E-state index in [4.69, 9.17) is 18.9 Å².